The van der Waals surface area contributed by atoms with E-state index in [9.17, 15) is 9.59 Å². The highest BCUT2D eigenvalue weighted by molar-refractivity contribution is 5.78. The zero-order valence-corrected chi connectivity index (χ0v) is 15.0. The van der Waals surface area contributed by atoms with Gasteiger partial charge in [-0.15, -0.1) is 0 Å². The Hall–Kier alpha value is -2.82. The van der Waals surface area contributed by atoms with E-state index in [1.807, 2.05) is 41.3 Å². The second-order valence-corrected chi connectivity index (χ2v) is 6.42. The summed E-state index contributed by atoms with van der Waals surface area (Å²) in [6.07, 6.45) is 0.0928. The summed E-state index contributed by atoms with van der Waals surface area (Å²) in [6.45, 7) is 2.12. The molecule has 2 aromatic carbocycles. The van der Waals surface area contributed by atoms with Crippen LogP contribution in [-0.2, 0) is 9.53 Å². The molecule has 1 aliphatic heterocycles. The fourth-order valence-corrected chi connectivity index (χ4v) is 3.37. The van der Waals surface area contributed by atoms with E-state index in [-0.39, 0.29) is 17.9 Å². The molecule has 1 fully saturated rings. The summed E-state index contributed by atoms with van der Waals surface area (Å²) < 4.78 is 4.75. The van der Waals surface area contributed by atoms with Crippen molar-refractivity contribution in [1.82, 2.24) is 9.80 Å². The Kier molecular flexibility index (Phi) is 5.89. The summed E-state index contributed by atoms with van der Waals surface area (Å²) in [6, 6.07) is 20.3. The first kappa shape index (κ1) is 18.0. The summed E-state index contributed by atoms with van der Waals surface area (Å²) in [4.78, 5) is 28.0. The largest absolute Gasteiger partial charge is 0.453 e. The standard InChI is InChI=1S/C21H24N2O3/c1-26-21(25)23-14-12-22(13-15-23)20(24)16-19(17-8-4-2-5-9-17)18-10-6-3-7-11-18/h2-11,19H,12-16H2,1H3. The molecular weight excluding hydrogens is 328 g/mol. The molecule has 3 rings (SSSR count). The van der Waals surface area contributed by atoms with Crippen LogP contribution >= 0.6 is 0 Å². The van der Waals surface area contributed by atoms with Gasteiger partial charge in [0.25, 0.3) is 0 Å². The van der Waals surface area contributed by atoms with E-state index in [4.69, 9.17) is 4.74 Å². The number of rotatable bonds is 4. The Labute approximate surface area is 154 Å². The third-order valence-corrected chi connectivity index (χ3v) is 4.85. The molecule has 0 saturated carbocycles. The third kappa shape index (κ3) is 4.23. The van der Waals surface area contributed by atoms with Crippen LogP contribution in [0.4, 0.5) is 4.79 Å². The molecule has 0 aliphatic carbocycles. The quantitative estimate of drug-likeness (QED) is 0.849. The van der Waals surface area contributed by atoms with Crippen LogP contribution < -0.4 is 0 Å². The molecule has 0 spiro atoms. The van der Waals surface area contributed by atoms with Crippen LogP contribution in [0.1, 0.15) is 23.5 Å². The van der Waals surface area contributed by atoms with Crippen LogP contribution in [0.2, 0.25) is 0 Å². The SMILES string of the molecule is COC(=O)N1CCN(C(=O)CC(c2ccccc2)c2ccccc2)CC1. The van der Waals surface area contributed by atoms with Crippen LogP contribution in [0.15, 0.2) is 60.7 Å². The second-order valence-electron chi connectivity index (χ2n) is 6.42. The molecule has 1 saturated heterocycles. The minimum Gasteiger partial charge on any atom is -0.453 e. The molecule has 5 nitrogen and oxygen atoms in total. The zero-order valence-electron chi connectivity index (χ0n) is 15.0. The van der Waals surface area contributed by atoms with Gasteiger partial charge in [0.2, 0.25) is 5.91 Å². The molecule has 5 heteroatoms. The minimum atomic E-state index is -0.330. The lowest BCUT2D eigenvalue weighted by Gasteiger charge is -2.34. The van der Waals surface area contributed by atoms with E-state index in [0.29, 0.717) is 32.6 Å². The number of piperazine rings is 1. The lowest BCUT2D eigenvalue weighted by Crippen LogP contribution is -2.50. The van der Waals surface area contributed by atoms with Crippen LogP contribution in [0.3, 0.4) is 0 Å². The lowest BCUT2D eigenvalue weighted by molar-refractivity contribution is -0.133. The number of carbonyl (C=O) groups is 2. The molecule has 136 valence electrons. The Morgan fingerprint density at radius 1 is 0.846 bits per heavy atom. The van der Waals surface area contributed by atoms with Crippen molar-refractivity contribution in [2.45, 2.75) is 12.3 Å². The Morgan fingerprint density at radius 2 is 1.31 bits per heavy atom. The Morgan fingerprint density at radius 3 is 1.77 bits per heavy atom. The van der Waals surface area contributed by atoms with Gasteiger partial charge in [-0.05, 0) is 11.1 Å². The molecule has 0 aromatic heterocycles. The average Bonchev–Trinajstić information content (AvgIpc) is 2.72. The fraction of sp³-hybridized carbons (Fsp3) is 0.333. The number of nitrogens with zero attached hydrogens (tertiary/aromatic N) is 2. The van der Waals surface area contributed by atoms with Crippen LogP contribution in [0.5, 0.6) is 0 Å². The van der Waals surface area contributed by atoms with Gasteiger partial charge in [-0.1, -0.05) is 60.7 Å². The molecular formula is C21H24N2O3. The molecule has 0 radical (unpaired) electrons. The first-order valence-corrected chi connectivity index (χ1v) is 8.89. The highest BCUT2D eigenvalue weighted by Crippen LogP contribution is 2.28. The van der Waals surface area contributed by atoms with Crippen LogP contribution in [0, 0.1) is 0 Å². The van der Waals surface area contributed by atoms with E-state index in [1.165, 1.54) is 7.11 Å². The van der Waals surface area contributed by atoms with Crippen molar-refractivity contribution in [2.75, 3.05) is 33.3 Å². The number of amides is 2. The number of methoxy groups -OCH3 is 1. The summed E-state index contributed by atoms with van der Waals surface area (Å²) in [5.74, 6) is 0.149. The van der Waals surface area contributed by atoms with E-state index < -0.39 is 0 Å². The van der Waals surface area contributed by atoms with Crippen molar-refractivity contribution in [3.63, 3.8) is 0 Å². The maximum absolute atomic E-state index is 12.9. The van der Waals surface area contributed by atoms with E-state index in [0.717, 1.165) is 11.1 Å². The molecule has 1 aliphatic rings. The summed E-state index contributed by atoms with van der Waals surface area (Å²) in [5, 5.41) is 0. The van der Waals surface area contributed by atoms with Gasteiger partial charge in [-0.25, -0.2) is 4.79 Å². The van der Waals surface area contributed by atoms with Crippen molar-refractivity contribution in [3.05, 3.63) is 71.8 Å². The monoisotopic (exact) mass is 352 g/mol. The maximum atomic E-state index is 12.9. The van der Waals surface area contributed by atoms with Gasteiger partial charge in [0.1, 0.15) is 0 Å². The first-order chi connectivity index (χ1) is 12.7. The van der Waals surface area contributed by atoms with Crippen molar-refractivity contribution < 1.29 is 14.3 Å². The first-order valence-electron chi connectivity index (χ1n) is 8.89. The van der Waals surface area contributed by atoms with Crippen molar-refractivity contribution >= 4 is 12.0 Å². The average molecular weight is 352 g/mol. The predicted molar refractivity (Wildman–Crippen MR) is 99.9 cm³/mol. The number of benzene rings is 2. The summed E-state index contributed by atoms with van der Waals surface area (Å²) in [7, 11) is 1.38. The van der Waals surface area contributed by atoms with Gasteiger partial charge in [0, 0.05) is 38.5 Å². The molecule has 0 atom stereocenters. The van der Waals surface area contributed by atoms with Crippen molar-refractivity contribution in [3.8, 4) is 0 Å². The van der Waals surface area contributed by atoms with Crippen molar-refractivity contribution in [2.24, 2.45) is 0 Å². The lowest BCUT2D eigenvalue weighted by atomic mass is 9.88. The van der Waals surface area contributed by atoms with Gasteiger partial charge in [0.15, 0.2) is 0 Å². The fourth-order valence-electron chi connectivity index (χ4n) is 3.37. The van der Waals surface area contributed by atoms with E-state index in [2.05, 4.69) is 24.3 Å². The van der Waals surface area contributed by atoms with Gasteiger partial charge in [0.05, 0.1) is 7.11 Å². The smallest absolute Gasteiger partial charge is 0.409 e. The number of hydrogen-bond acceptors (Lipinski definition) is 3. The van der Waals surface area contributed by atoms with Gasteiger partial charge < -0.3 is 14.5 Å². The molecule has 0 N–H and O–H groups in total. The molecule has 2 amide bonds. The number of hydrogen-bond donors (Lipinski definition) is 0. The van der Waals surface area contributed by atoms with Gasteiger partial charge >= 0.3 is 6.09 Å². The molecule has 26 heavy (non-hydrogen) atoms. The summed E-state index contributed by atoms with van der Waals surface area (Å²) in [5.41, 5.74) is 2.28. The highest BCUT2D eigenvalue weighted by Gasteiger charge is 2.27. The normalized spacial score (nSPS) is 14.4. The topological polar surface area (TPSA) is 49.9 Å². The minimum absolute atomic E-state index is 0.0311. The van der Waals surface area contributed by atoms with Gasteiger partial charge in [-0.2, -0.15) is 0 Å². The predicted octanol–water partition coefficient (Wildman–Crippen LogP) is 3.12. The van der Waals surface area contributed by atoms with E-state index in [1.54, 1.807) is 4.90 Å². The molecule has 2 aromatic rings. The van der Waals surface area contributed by atoms with E-state index >= 15 is 0 Å². The van der Waals surface area contributed by atoms with Gasteiger partial charge in [-0.3, -0.25) is 4.79 Å². The Balaban J connectivity index is 1.70. The molecule has 0 unspecified atom stereocenters. The zero-order chi connectivity index (χ0) is 18.4. The number of carbonyl (C=O) groups excluding carboxylic acids is 2. The number of ether oxygens (including phenoxy) is 1. The van der Waals surface area contributed by atoms with Crippen molar-refractivity contribution in [1.29, 1.82) is 0 Å². The maximum Gasteiger partial charge on any atom is 0.409 e. The Bertz CT molecular complexity index is 686. The van der Waals surface area contributed by atoms with Crippen LogP contribution in [-0.4, -0.2) is 55.1 Å². The third-order valence-electron chi connectivity index (χ3n) is 4.85. The summed E-state index contributed by atoms with van der Waals surface area (Å²) >= 11 is 0. The highest BCUT2D eigenvalue weighted by atomic mass is 16.5. The molecule has 1 heterocycles. The van der Waals surface area contributed by atoms with Crippen LogP contribution in [0.25, 0.3) is 0 Å². The second kappa shape index (κ2) is 8.52. The molecule has 0 bridgehead atoms.